The molecule has 1 saturated heterocycles. The first kappa shape index (κ1) is 24.1. The molecule has 3 aromatic rings. The maximum atomic E-state index is 12.8. The molecule has 1 fully saturated rings. The third-order valence-corrected chi connectivity index (χ3v) is 7.42. The number of aromatic nitrogens is 1. The number of nitrogens with one attached hydrogen (secondary N) is 2. The number of ether oxygens (including phenoxy) is 1. The maximum Gasteiger partial charge on any atom is 0.262 e. The fourth-order valence-corrected chi connectivity index (χ4v) is 5.16. The molecule has 0 spiro atoms. The minimum absolute atomic E-state index is 0.0658. The molecule has 34 heavy (non-hydrogen) atoms. The molecule has 2 aromatic carbocycles. The molecule has 3 N–H and O–H groups in total. The van der Waals surface area contributed by atoms with Crippen molar-refractivity contribution in [1.29, 1.82) is 0 Å². The lowest BCUT2D eigenvalue weighted by Gasteiger charge is -2.33. The van der Waals surface area contributed by atoms with Crippen LogP contribution in [0.15, 0.2) is 65.7 Å². The number of para-hydroxylation sites is 1. The average molecular weight is 485 g/mol. The summed E-state index contributed by atoms with van der Waals surface area (Å²) in [5.74, 6) is -0.0947. The molecule has 1 atom stereocenters. The van der Waals surface area contributed by atoms with Crippen molar-refractivity contribution < 1.29 is 23.2 Å². The zero-order valence-corrected chi connectivity index (χ0v) is 19.5. The summed E-state index contributed by atoms with van der Waals surface area (Å²) in [4.78, 5) is 18.4. The number of rotatable bonds is 9. The van der Waals surface area contributed by atoms with Crippen LogP contribution in [0.25, 0.3) is 10.9 Å². The van der Waals surface area contributed by atoms with Crippen molar-refractivity contribution in [3.63, 3.8) is 0 Å². The summed E-state index contributed by atoms with van der Waals surface area (Å²) in [7, 11) is -3.85. The van der Waals surface area contributed by atoms with Gasteiger partial charge < -0.3 is 4.74 Å². The highest BCUT2D eigenvalue weighted by Gasteiger charge is 2.28. The Morgan fingerprint density at radius 2 is 1.79 bits per heavy atom. The summed E-state index contributed by atoms with van der Waals surface area (Å²) in [6, 6.07) is 15.0. The average Bonchev–Trinajstić information content (AvgIpc) is 2.88. The molecule has 1 aromatic heterocycles. The van der Waals surface area contributed by atoms with Gasteiger partial charge in [-0.1, -0.05) is 24.6 Å². The Morgan fingerprint density at radius 1 is 1.06 bits per heavy atom. The van der Waals surface area contributed by atoms with Crippen molar-refractivity contribution in [2.24, 2.45) is 0 Å². The van der Waals surface area contributed by atoms with Crippen LogP contribution in [0, 0.1) is 0 Å². The van der Waals surface area contributed by atoms with Gasteiger partial charge in [-0.05, 0) is 62.3 Å². The van der Waals surface area contributed by atoms with E-state index >= 15 is 0 Å². The largest absolute Gasteiger partial charge is 0.489 e. The number of sulfonamides is 1. The Balaban J connectivity index is 1.39. The third kappa shape index (κ3) is 5.71. The van der Waals surface area contributed by atoms with Crippen molar-refractivity contribution >= 4 is 26.8 Å². The van der Waals surface area contributed by atoms with Crippen LogP contribution < -0.4 is 14.9 Å². The first-order valence-electron chi connectivity index (χ1n) is 11.2. The summed E-state index contributed by atoms with van der Waals surface area (Å²) in [5, 5.41) is 10.1. The van der Waals surface area contributed by atoms with Gasteiger partial charge in [0.2, 0.25) is 10.0 Å². The van der Waals surface area contributed by atoms with Gasteiger partial charge in [0.25, 0.3) is 5.91 Å². The quantitative estimate of drug-likeness (QED) is 0.315. The Morgan fingerprint density at radius 3 is 2.53 bits per heavy atom. The van der Waals surface area contributed by atoms with E-state index in [-0.39, 0.29) is 11.4 Å². The summed E-state index contributed by atoms with van der Waals surface area (Å²) in [6.07, 6.45) is 4.66. The highest BCUT2D eigenvalue weighted by Crippen LogP contribution is 2.21. The third-order valence-electron chi connectivity index (χ3n) is 5.98. The van der Waals surface area contributed by atoms with Crippen molar-refractivity contribution in [2.75, 3.05) is 19.6 Å². The van der Waals surface area contributed by atoms with Crippen LogP contribution in [-0.2, 0) is 21.4 Å². The normalized spacial score (nSPS) is 15.7. The van der Waals surface area contributed by atoms with Crippen molar-refractivity contribution in [3.05, 3.63) is 66.4 Å². The van der Waals surface area contributed by atoms with Gasteiger partial charge in [-0.2, -0.15) is 0 Å². The second kappa shape index (κ2) is 10.9. The van der Waals surface area contributed by atoms with Gasteiger partial charge in [0.15, 0.2) is 0 Å². The SMILES string of the molecule is O=C(NO)[C@H](CNS(=O)(=O)c1ccc(OCc2ccnc3ccccc23)cc1)N1CCCCC1. The number of hydrogen-bond acceptors (Lipinski definition) is 7. The van der Waals surface area contributed by atoms with Crippen LogP contribution in [0.1, 0.15) is 24.8 Å². The van der Waals surface area contributed by atoms with Gasteiger partial charge in [-0.3, -0.25) is 19.9 Å². The summed E-state index contributed by atoms with van der Waals surface area (Å²) >= 11 is 0. The van der Waals surface area contributed by atoms with Gasteiger partial charge in [-0.15, -0.1) is 0 Å². The van der Waals surface area contributed by atoms with Crippen molar-refractivity contribution in [3.8, 4) is 5.75 Å². The van der Waals surface area contributed by atoms with E-state index in [0.717, 1.165) is 35.7 Å². The number of hydroxylamine groups is 1. The molecular formula is C24H28N4O5S. The van der Waals surface area contributed by atoms with E-state index < -0.39 is 22.0 Å². The lowest BCUT2D eigenvalue weighted by Crippen LogP contribution is -2.53. The number of carbonyl (C=O) groups excluding carboxylic acids is 1. The van der Waals surface area contributed by atoms with Crippen molar-refractivity contribution in [2.45, 2.75) is 36.8 Å². The Bertz CT molecular complexity index is 1220. The lowest BCUT2D eigenvalue weighted by atomic mass is 10.1. The Labute approximate surface area is 198 Å². The molecule has 0 radical (unpaired) electrons. The van der Waals surface area contributed by atoms with E-state index in [0.29, 0.717) is 25.4 Å². The molecular weight excluding hydrogens is 456 g/mol. The summed E-state index contributed by atoms with van der Waals surface area (Å²) in [5.41, 5.74) is 3.51. The molecule has 9 nitrogen and oxygen atoms in total. The molecule has 0 aliphatic carbocycles. The van der Waals surface area contributed by atoms with Gasteiger partial charge in [-0.25, -0.2) is 18.6 Å². The number of amides is 1. The first-order valence-corrected chi connectivity index (χ1v) is 12.7. The van der Waals surface area contributed by atoms with Crippen LogP contribution in [0.3, 0.4) is 0 Å². The zero-order chi connectivity index (χ0) is 24.0. The number of nitrogens with zero attached hydrogens (tertiary/aromatic N) is 2. The van der Waals surface area contributed by atoms with Gasteiger partial charge in [0.1, 0.15) is 18.4 Å². The van der Waals surface area contributed by atoms with Crippen molar-refractivity contribution in [1.82, 2.24) is 20.1 Å². The fraction of sp³-hybridized carbons (Fsp3) is 0.333. The minimum Gasteiger partial charge on any atom is -0.489 e. The van der Waals surface area contributed by atoms with Gasteiger partial charge in [0.05, 0.1) is 10.4 Å². The number of hydrogen-bond donors (Lipinski definition) is 3. The zero-order valence-electron chi connectivity index (χ0n) is 18.7. The smallest absolute Gasteiger partial charge is 0.262 e. The second-order valence-corrected chi connectivity index (χ2v) is 9.95. The molecule has 0 bridgehead atoms. The molecule has 10 heteroatoms. The van der Waals surface area contributed by atoms with Crippen LogP contribution in [-0.4, -0.2) is 55.1 Å². The molecule has 0 saturated carbocycles. The van der Waals surface area contributed by atoms with E-state index in [9.17, 15) is 13.2 Å². The predicted octanol–water partition coefficient (Wildman–Crippen LogP) is 2.45. The molecule has 2 heterocycles. The van der Waals surface area contributed by atoms with E-state index in [1.165, 1.54) is 12.1 Å². The van der Waals surface area contributed by atoms with E-state index in [1.807, 2.05) is 35.2 Å². The number of benzene rings is 2. The molecule has 0 unspecified atom stereocenters. The molecule has 4 rings (SSSR count). The van der Waals surface area contributed by atoms with Crippen LogP contribution >= 0.6 is 0 Å². The van der Waals surface area contributed by atoms with E-state index in [4.69, 9.17) is 9.94 Å². The minimum atomic E-state index is -3.85. The van der Waals surface area contributed by atoms with E-state index in [1.54, 1.807) is 23.8 Å². The fourth-order valence-electron chi connectivity index (χ4n) is 4.12. The van der Waals surface area contributed by atoms with Crippen LogP contribution in [0.4, 0.5) is 0 Å². The summed E-state index contributed by atoms with van der Waals surface area (Å²) in [6.45, 7) is 1.54. The maximum absolute atomic E-state index is 12.8. The lowest BCUT2D eigenvalue weighted by molar-refractivity contribution is -0.135. The number of pyridine rings is 1. The van der Waals surface area contributed by atoms with Crippen LogP contribution in [0.5, 0.6) is 5.75 Å². The highest BCUT2D eigenvalue weighted by molar-refractivity contribution is 7.89. The summed E-state index contributed by atoms with van der Waals surface area (Å²) < 4.78 is 33.9. The van der Waals surface area contributed by atoms with Crippen LogP contribution in [0.2, 0.25) is 0 Å². The Hall–Kier alpha value is -3.05. The standard InChI is InChI=1S/C24H28N4O5S/c29-24(27-30)23(28-14-4-1-5-15-28)16-26-34(31,32)20-10-8-19(9-11-20)33-17-18-12-13-25-22-7-3-2-6-21(18)22/h2-3,6-13,23,26,30H,1,4-5,14-17H2,(H,27,29)/t23-/m0/s1. The molecule has 180 valence electrons. The molecule has 1 aliphatic rings. The highest BCUT2D eigenvalue weighted by atomic mass is 32.2. The predicted molar refractivity (Wildman–Crippen MR) is 127 cm³/mol. The monoisotopic (exact) mass is 484 g/mol. The van der Waals surface area contributed by atoms with Gasteiger partial charge in [0, 0.05) is 23.7 Å². The number of likely N-dealkylation sites (tertiary alicyclic amines) is 1. The van der Waals surface area contributed by atoms with Gasteiger partial charge >= 0.3 is 0 Å². The second-order valence-electron chi connectivity index (χ2n) is 8.19. The molecule has 1 amide bonds. The molecule has 1 aliphatic heterocycles. The van der Waals surface area contributed by atoms with E-state index in [2.05, 4.69) is 9.71 Å². The Kier molecular flexibility index (Phi) is 7.73. The number of piperidine rings is 1. The topological polar surface area (TPSA) is 121 Å². The number of carbonyl (C=O) groups is 1. The number of fused-ring (bicyclic) bond motifs is 1. The first-order chi connectivity index (χ1) is 16.5.